The Hall–Kier alpha value is -1.62. The fourth-order valence-corrected chi connectivity index (χ4v) is 2.01. The summed E-state index contributed by atoms with van der Waals surface area (Å²) in [7, 11) is 0. The number of carbonyl (C=O) groups is 2. The van der Waals surface area contributed by atoms with E-state index in [1.54, 1.807) is 0 Å². The van der Waals surface area contributed by atoms with Gasteiger partial charge in [-0.1, -0.05) is 65.5 Å². The molecule has 0 unspecified atom stereocenters. The van der Waals surface area contributed by atoms with Crippen molar-refractivity contribution >= 4 is 11.9 Å². The van der Waals surface area contributed by atoms with Crippen molar-refractivity contribution in [1.82, 2.24) is 0 Å². The average molecular weight is 354 g/mol. The summed E-state index contributed by atoms with van der Waals surface area (Å²) in [5.74, 6) is -0.916. The monoisotopic (exact) mass is 354 g/mol. The normalized spacial score (nSPS) is 10.3. The standard InChI is InChI=1S/C20H34O5/c1-5-7-9-11-13-24-19(21)17(3)15-23-16-18(4)20(22)25-14-12-10-8-6-2/h3-16H2,1-2H3. The van der Waals surface area contributed by atoms with Gasteiger partial charge in [-0.25, -0.2) is 9.59 Å². The molecule has 0 heterocycles. The molecule has 0 aromatic rings. The number of esters is 2. The molecule has 0 aromatic carbocycles. The van der Waals surface area contributed by atoms with Crippen molar-refractivity contribution in [2.75, 3.05) is 26.4 Å². The lowest BCUT2D eigenvalue weighted by atomic mass is 10.2. The summed E-state index contributed by atoms with van der Waals surface area (Å²) in [6, 6.07) is 0. The Kier molecular flexibility index (Phi) is 14.9. The van der Waals surface area contributed by atoms with Crippen LogP contribution in [0, 0.1) is 0 Å². The lowest BCUT2D eigenvalue weighted by Gasteiger charge is -2.09. The Morgan fingerprint density at radius 3 is 1.44 bits per heavy atom. The van der Waals surface area contributed by atoms with Crippen LogP contribution < -0.4 is 0 Å². The topological polar surface area (TPSA) is 61.8 Å². The first-order chi connectivity index (χ1) is 12.0. The molecule has 5 heteroatoms. The van der Waals surface area contributed by atoms with Gasteiger partial charge in [0, 0.05) is 0 Å². The van der Waals surface area contributed by atoms with Crippen molar-refractivity contribution in [1.29, 1.82) is 0 Å². The highest BCUT2D eigenvalue weighted by molar-refractivity contribution is 5.88. The van der Waals surface area contributed by atoms with Gasteiger partial charge >= 0.3 is 11.9 Å². The Balaban J connectivity index is 3.75. The number of unbranched alkanes of at least 4 members (excludes halogenated alkanes) is 6. The van der Waals surface area contributed by atoms with Gasteiger partial charge in [0.05, 0.1) is 37.6 Å². The number of hydrogen-bond donors (Lipinski definition) is 0. The van der Waals surface area contributed by atoms with Crippen LogP contribution in [0.15, 0.2) is 24.3 Å². The second kappa shape index (κ2) is 15.9. The summed E-state index contributed by atoms with van der Waals surface area (Å²) in [6.07, 6.45) is 8.36. The van der Waals surface area contributed by atoms with E-state index in [0.717, 1.165) is 51.4 Å². The van der Waals surface area contributed by atoms with Gasteiger partial charge in [-0.05, 0) is 12.8 Å². The Morgan fingerprint density at radius 2 is 1.08 bits per heavy atom. The zero-order valence-corrected chi connectivity index (χ0v) is 15.9. The molecule has 0 aliphatic carbocycles. The highest BCUT2D eigenvalue weighted by Crippen LogP contribution is 2.04. The predicted octanol–water partition coefficient (Wildman–Crippen LogP) is 4.36. The fourth-order valence-electron chi connectivity index (χ4n) is 2.01. The van der Waals surface area contributed by atoms with E-state index in [4.69, 9.17) is 14.2 Å². The van der Waals surface area contributed by atoms with Gasteiger partial charge in [0.2, 0.25) is 0 Å². The molecular weight excluding hydrogens is 320 g/mol. The first kappa shape index (κ1) is 23.4. The van der Waals surface area contributed by atoms with Crippen LogP contribution in [0.2, 0.25) is 0 Å². The summed E-state index contributed by atoms with van der Waals surface area (Å²) in [4.78, 5) is 23.4. The van der Waals surface area contributed by atoms with Crippen molar-refractivity contribution in [2.45, 2.75) is 65.2 Å². The molecule has 0 aliphatic rings. The van der Waals surface area contributed by atoms with E-state index in [2.05, 4.69) is 27.0 Å². The highest BCUT2D eigenvalue weighted by atomic mass is 16.5. The lowest BCUT2D eigenvalue weighted by Crippen LogP contribution is -2.16. The van der Waals surface area contributed by atoms with Gasteiger partial charge in [-0.15, -0.1) is 0 Å². The van der Waals surface area contributed by atoms with Crippen LogP contribution in [0.3, 0.4) is 0 Å². The van der Waals surface area contributed by atoms with Gasteiger partial charge in [0.1, 0.15) is 0 Å². The molecule has 0 bridgehead atoms. The molecule has 0 saturated heterocycles. The Labute approximate surface area is 152 Å². The number of rotatable bonds is 16. The van der Waals surface area contributed by atoms with Crippen molar-refractivity contribution < 1.29 is 23.8 Å². The zero-order valence-electron chi connectivity index (χ0n) is 15.9. The molecule has 0 aromatic heterocycles. The van der Waals surface area contributed by atoms with Gasteiger partial charge in [-0.3, -0.25) is 0 Å². The predicted molar refractivity (Wildman–Crippen MR) is 99.3 cm³/mol. The highest BCUT2D eigenvalue weighted by Gasteiger charge is 2.12. The third-order valence-electron chi connectivity index (χ3n) is 3.59. The van der Waals surface area contributed by atoms with Crippen molar-refractivity contribution in [3.63, 3.8) is 0 Å². The molecule has 25 heavy (non-hydrogen) atoms. The SMILES string of the molecule is C=C(COCC(=C)C(=O)OCCCCCC)C(=O)OCCCCCC. The van der Waals surface area contributed by atoms with Crippen molar-refractivity contribution in [3.05, 3.63) is 24.3 Å². The van der Waals surface area contributed by atoms with E-state index in [1.807, 2.05) is 0 Å². The molecule has 0 saturated carbocycles. The van der Waals surface area contributed by atoms with Crippen molar-refractivity contribution in [2.24, 2.45) is 0 Å². The van der Waals surface area contributed by atoms with E-state index >= 15 is 0 Å². The maximum Gasteiger partial charge on any atom is 0.335 e. The van der Waals surface area contributed by atoms with Crippen LogP contribution >= 0.6 is 0 Å². The molecule has 0 radical (unpaired) electrons. The first-order valence-electron chi connectivity index (χ1n) is 9.30. The van der Waals surface area contributed by atoms with Crippen LogP contribution in [-0.4, -0.2) is 38.4 Å². The fraction of sp³-hybridized carbons (Fsp3) is 0.700. The van der Waals surface area contributed by atoms with Gasteiger partial charge in [0.15, 0.2) is 0 Å². The molecule has 144 valence electrons. The van der Waals surface area contributed by atoms with E-state index in [1.165, 1.54) is 0 Å². The van der Waals surface area contributed by atoms with Gasteiger partial charge < -0.3 is 14.2 Å². The van der Waals surface area contributed by atoms with Crippen molar-refractivity contribution in [3.8, 4) is 0 Å². The summed E-state index contributed by atoms with van der Waals surface area (Å²) in [5, 5.41) is 0. The summed E-state index contributed by atoms with van der Waals surface area (Å²) in [6.45, 7) is 12.4. The van der Waals surface area contributed by atoms with Crippen LogP contribution in [0.25, 0.3) is 0 Å². The number of ether oxygens (including phenoxy) is 3. The van der Waals surface area contributed by atoms with Crippen LogP contribution in [0.4, 0.5) is 0 Å². The van der Waals surface area contributed by atoms with Gasteiger partial charge in [-0.2, -0.15) is 0 Å². The molecular formula is C20H34O5. The van der Waals surface area contributed by atoms with Gasteiger partial charge in [0.25, 0.3) is 0 Å². The molecule has 0 fully saturated rings. The Bertz CT molecular complexity index is 376. The molecule has 0 atom stereocenters. The minimum atomic E-state index is -0.458. The second-order valence-corrected chi connectivity index (χ2v) is 6.09. The third kappa shape index (κ3) is 13.4. The largest absolute Gasteiger partial charge is 0.462 e. The number of carbonyl (C=O) groups excluding carboxylic acids is 2. The van der Waals surface area contributed by atoms with E-state index < -0.39 is 11.9 Å². The smallest absolute Gasteiger partial charge is 0.335 e. The maximum atomic E-state index is 11.7. The van der Waals surface area contributed by atoms with E-state index in [9.17, 15) is 9.59 Å². The van der Waals surface area contributed by atoms with Crippen LogP contribution in [-0.2, 0) is 23.8 Å². The molecule has 0 rings (SSSR count). The van der Waals surface area contributed by atoms with Crippen LogP contribution in [0.5, 0.6) is 0 Å². The van der Waals surface area contributed by atoms with Crippen LogP contribution in [0.1, 0.15) is 65.2 Å². The molecule has 0 amide bonds. The number of hydrogen-bond acceptors (Lipinski definition) is 5. The molecule has 0 aliphatic heterocycles. The maximum absolute atomic E-state index is 11.7. The Morgan fingerprint density at radius 1 is 0.680 bits per heavy atom. The third-order valence-corrected chi connectivity index (χ3v) is 3.59. The molecule has 0 N–H and O–H groups in total. The quantitative estimate of drug-likeness (QED) is 0.234. The summed E-state index contributed by atoms with van der Waals surface area (Å²) >= 11 is 0. The first-order valence-corrected chi connectivity index (χ1v) is 9.30. The second-order valence-electron chi connectivity index (χ2n) is 6.09. The minimum absolute atomic E-state index is 0.0105. The zero-order chi connectivity index (χ0) is 18.9. The molecule has 0 spiro atoms. The van der Waals surface area contributed by atoms with E-state index in [0.29, 0.717) is 13.2 Å². The minimum Gasteiger partial charge on any atom is -0.462 e. The van der Waals surface area contributed by atoms with E-state index in [-0.39, 0.29) is 24.4 Å². The average Bonchev–Trinajstić information content (AvgIpc) is 2.60. The summed E-state index contributed by atoms with van der Waals surface area (Å²) in [5.41, 5.74) is 0.465. The summed E-state index contributed by atoms with van der Waals surface area (Å²) < 4.78 is 15.5. The lowest BCUT2D eigenvalue weighted by molar-refractivity contribution is -0.139. The molecule has 5 nitrogen and oxygen atoms in total.